The summed E-state index contributed by atoms with van der Waals surface area (Å²) in [5, 5.41) is 11.4. The summed E-state index contributed by atoms with van der Waals surface area (Å²) in [5.41, 5.74) is -1.80. The van der Waals surface area contributed by atoms with Crippen molar-refractivity contribution in [3.05, 3.63) is 18.0 Å². The molecule has 2 N–H and O–H groups in total. The van der Waals surface area contributed by atoms with Crippen molar-refractivity contribution in [1.82, 2.24) is 9.97 Å². The molecule has 0 amide bonds. The number of nitrogens with zero attached hydrogens (tertiary/aromatic N) is 2. The number of hydrogen-bond donors (Lipinski definition) is 2. The van der Waals surface area contributed by atoms with E-state index in [1.165, 1.54) is 12.3 Å². The number of halogens is 3. The SMILES string of the molecule is O=C(O)c1ccnc(NCCC2(C(F)(F)F)CCC2)n1. The molecule has 8 heteroatoms. The van der Waals surface area contributed by atoms with E-state index in [0.29, 0.717) is 6.42 Å². The van der Waals surface area contributed by atoms with E-state index in [0.717, 1.165) is 0 Å². The van der Waals surface area contributed by atoms with E-state index < -0.39 is 17.6 Å². The molecule has 0 unspecified atom stereocenters. The summed E-state index contributed by atoms with van der Waals surface area (Å²) in [6, 6.07) is 1.22. The standard InChI is InChI=1S/C12H14F3N3O2/c13-12(14,15)11(3-1-4-11)5-7-17-10-16-6-2-8(18-10)9(19)20/h2,6H,1,3-5,7H2,(H,19,20)(H,16,17,18). The van der Waals surface area contributed by atoms with E-state index in [4.69, 9.17) is 5.11 Å². The molecule has 0 aliphatic heterocycles. The second-order valence-corrected chi connectivity index (χ2v) is 4.88. The van der Waals surface area contributed by atoms with E-state index >= 15 is 0 Å². The summed E-state index contributed by atoms with van der Waals surface area (Å²) in [4.78, 5) is 18.2. The van der Waals surface area contributed by atoms with Gasteiger partial charge in [-0.1, -0.05) is 6.42 Å². The third kappa shape index (κ3) is 2.83. The number of carboxylic acids is 1. The van der Waals surface area contributed by atoms with Crippen molar-refractivity contribution in [3.63, 3.8) is 0 Å². The Kier molecular flexibility index (Phi) is 3.82. The molecule has 0 saturated heterocycles. The monoisotopic (exact) mass is 289 g/mol. The van der Waals surface area contributed by atoms with Crippen LogP contribution < -0.4 is 5.32 Å². The van der Waals surface area contributed by atoms with E-state index in [2.05, 4.69) is 15.3 Å². The molecule has 0 spiro atoms. The summed E-state index contributed by atoms with van der Waals surface area (Å²) in [6.07, 6.45) is -2.12. The molecule has 1 aromatic heterocycles. The van der Waals surface area contributed by atoms with Crippen LogP contribution in [0.5, 0.6) is 0 Å². The van der Waals surface area contributed by atoms with Crippen LogP contribution in [-0.2, 0) is 0 Å². The zero-order valence-corrected chi connectivity index (χ0v) is 10.6. The van der Waals surface area contributed by atoms with Crippen molar-refractivity contribution in [2.75, 3.05) is 11.9 Å². The highest BCUT2D eigenvalue weighted by Crippen LogP contribution is 2.55. The van der Waals surface area contributed by atoms with Crippen LogP contribution in [0.4, 0.5) is 19.1 Å². The number of carbonyl (C=O) groups is 1. The van der Waals surface area contributed by atoms with Gasteiger partial charge < -0.3 is 10.4 Å². The topological polar surface area (TPSA) is 75.1 Å². The molecule has 1 heterocycles. The van der Waals surface area contributed by atoms with E-state index in [1.54, 1.807) is 0 Å². The van der Waals surface area contributed by atoms with Crippen molar-refractivity contribution >= 4 is 11.9 Å². The number of hydrogen-bond acceptors (Lipinski definition) is 4. The van der Waals surface area contributed by atoms with Crippen LogP contribution in [-0.4, -0.2) is 33.8 Å². The summed E-state index contributed by atoms with van der Waals surface area (Å²) < 4.78 is 38.7. The highest BCUT2D eigenvalue weighted by atomic mass is 19.4. The molecule has 5 nitrogen and oxygen atoms in total. The first-order valence-electron chi connectivity index (χ1n) is 6.21. The molecule has 20 heavy (non-hydrogen) atoms. The maximum atomic E-state index is 12.9. The Morgan fingerprint density at radius 1 is 1.45 bits per heavy atom. The fourth-order valence-corrected chi connectivity index (χ4v) is 2.26. The van der Waals surface area contributed by atoms with Gasteiger partial charge in [0.2, 0.25) is 5.95 Å². The van der Waals surface area contributed by atoms with Gasteiger partial charge in [0.25, 0.3) is 0 Å². The average molecular weight is 289 g/mol. The van der Waals surface area contributed by atoms with Gasteiger partial charge in [-0.25, -0.2) is 14.8 Å². The lowest BCUT2D eigenvalue weighted by molar-refractivity contribution is -0.252. The second kappa shape index (κ2) is 5.26. The molecule has 1 aromatic rings. The van der Waals surface area contributed by atoms with Crippen LogP contribution in [0.15, 0.2) is 12.3 Å². The fraction of sp³-hybridized carbons (Fsp3) is 0.583. The van der Waals surface area contributed by atoms with Gasteiger partial charge in [0.15, 0.2) is 5.69 Å². The Hall–Kier alpha value is -1.86. The highest BCUT2D eigenvalue weighted by Gasteiger charge is 2.57. The van der Waals surface area contributed by atoms with Gasteiger partial charge in [0.1, 0.15) is 0 Å². The minimum atomic E-state index is -4.20. The Labute approximate surface area is 113 Å². The smallest absolute Gasteiger partial charge is 0.394 e. The van der Waals surface area contributed by atoms with Crippen molar-refractivity contribution in [3.8, 4) is 0 Å². The Morgan fingerprint density at radius 3 is 2.65 bits per heavy atom. The quantitative estimate of drug-likeness (QED) is 0.871. The van der Waals surface area contributed by atoms with Crippen LogP contribution in [0.25, 0.3) is 0 Å². The number of alkyl halides is 3. The number of nitrogens with one attached hydrogen (secondary N) is 1. The molecule has 1 aliphatic rings. The van der Waals surface area contributed by atoms with Gasteiger partial charge >= 0.3 is 12.1 Å². The molecular formula is C12H14F3N3O2. The zero-order valence-electron chi connectivity index (χ0n) is 10.6. The lowest BCUT2D eigenvalue weighted by Gasteiger charge is -2.43. The summed E-state index contributed by atoms with van der Waals surface area (Å²) in [5.74, 6) is -1.18. The summed E-state index contributed by atoms with van der Waals surface area (Å²) >= 11 is 0. The van der Waals surface area contributed by atoms with Gasteiger partial charge in [0.05, 0.1) is 5.41 Å². The van der Waals surface area contributed by atoms with Crippen LogP contribution in [0.1, 0.15) is 36.2 Å². The van der Waals surface area contributed by atoms with Crippen molar-refractivity contribution in [2.45, 2.75) is 31.9 Å². The maximum absolute atomic E-state index is 12.9. The molecule has 0 radical (unpaired) electrons. The number of rotatable bonds is 5. The number of aromatic nitrogens is 2. The number of carboxylic acid groups (broad SMARTS) is 1. The minimum absolute atomic E-state index is 0.0292. The second-order valence-electron chi connectivity index (χ2n) is 4.88. The van der Waals surface area contributed by atoms with Crippen molar-refractivity contribution in [1.29, 1.82) is 0 Å². The molecular weight excluding hydrogens is 275 g/mol. The van der Waals surface area contributed by atoms with E-state index in [-0.39, 0.29) is 37.4 Å². The zero-order chi connectivity index (χ0) is 14.8. The van der Waals surface area contributed by atoms with E-state index in [1.807, 2.05) is 0 Å². The first-order chi connectivity index (χ1) is 9.34. The largest absolute Gasteiger partial charge is 0.477 e. The fourth-order valence-electron chi connectivity index (χ4n) is 2.26. The lowest BCUT2D eigenvalue weighted by Crippen LogP contribution is -2.45. The van der Waals surface area contributed by atoms with Gasteiger partial charge in [-0.15, -0.1) is 0 Å². The van der Waals surface area contributed by atoms with Crippen molar-refractivity contribution < 1.29 is 23.1 Å². The third-order valence-electron chi connectivity index (χ3n) is 3.67. The highest BCUT2D eigenvalue weighted by molar-refractivity contribution is 5.85. The Morgan fingerprint density at radius 2 is 2.15 bits per heavy atom. The predicted molar refractivity (Wildman–Crippen MR) is 64.4 cm³/mol. The average Bonchev–Trinajstić information content (AvgIpc) is 2.31. The molecule has 1 aliphatic carbocycles. The molecule has 1 saturated carbocycles. The molecule has 0 aromatic carbocycles. The van der Waals surface area contributed by atoms with Gasteiger partial charge in [-0.2, -0.15) is 13.2 Å². The molecule has 1 fully saturated rings. The predicted octanol–water partition coefficient (Wildman–Crippen LogP) is 2.71. The normalized spacial score (nSPS) is 17.4. The molecule has 0 bridgehead atoms. The first kappa shape index (κ1) is 14.5. The molecule has 110 valence electrons. The summed E-state index contributed by atoms with van der Waals surface area (Å²) in [7, 11) is 0. The van der Waals surface area contributed by atoms with Crippen LogP contribution in [0.2, 0.25) is 0 Å². The van der Waals surface area contributed by atoms with Gasteiger partial charge in [0, 0.05) is 12.7 Å². The van der Waals surface area contributed by atoms with Gasteiger partial charge in [-0.3, -0.25) is 0 Å². The summed E-state index contributed by atoms with van der Waals surface area (Å²) in [6.45, 7) is 0.0581. The van der Waals surface area contributed by atoms with Crippen LogP contribution in [0, 0.1) is 5.41 Å². The minimum Gasteiger partial charge on any atom is -0.477 e. The number of anilines is 1. The van der Waals surface area contributed by atoms with Gasteiger partial charge in [-0.05, 0) is 25.3 Å². The third-order valence-corrected chi connectivity index (χ3v) is 3.67. The first-order valence-corrected chi connectivity index (χ1v) is 6.21. The molecule has 2 rings (SSSR count). The van der Waals surface area contributed by atoms with Crippen LogP contribution >= 0.6 is 0 Å². The Balaban J connectivity index is 1.93. The van der Waals surface area contributed by atoms with E-state index in [9.17, 15) is 18.0 Å². The number of aromatic carboxylic acids is 1. The Bertz CT molecular complexity index is 501. The maximum Gasteiger partial charge on any atom is 0.394 e. The molecule has 0 atom stereocenters. The lowest BCUT2D eigenvalue weighted by atomic mass is 9.66. The van der Waals surface area contributed by atoms with Crippen LogP contribution in [0.3, 0.4) is 0 Å². The van der Waals surface area contributed by atoms with Crippen molar-refractivity contribution in [2.24, 2.45) is 5.41 Å².